The lowest BCUT2D eigenvalue weighted by molar-refractivity contribution is -0.151. The monoisotopic (exact) mass is 648 g/mol. The lowest BCUT2D eigenvalue weighted by atomic mass is 10.1. The average molecular weight is 649 g/mol. The second-order valence-electron chi connectivity index (χ2n) is 11.8. The van der Waals surface area contributed by atoms with Crippen molar-refractivity contribution in [2.45, 2.75) is 64.8 Å². The Morgan fingerprint density at radius 1 is 1.09 bits per heavy atom. The molecule has 1 aliphatic carbocycles. The van der Waals surface area contributed by atoms with Crippen molar-refractivity contribution in [3.63, 3.8) is 0 Å². The number of benzene rings is 2. The summed E-state index contributed by atoms with van der Waals surface area (Å²) in [4.78, 5) is 26.5. The standard InChI is InChI=1S/C37H37ClN6O3/c1-23-19-40-30(24(2)33(23)46-3)22-44-21-28(31-34(38)42-37(39)43-35(31)44)18-17-25-13-15-26(16-14-25)20-41-32(27-9-5-4-6-10-27)36(45)47-29-11-7-8-12-29/h4-6,9-10,13-16,19,21,29,32,41H,7-8,11-12,20,22H2,1-3H3,(H2,39,42,43). The zero-order valence-corrected chi connectivity index (χ0v) is 27.5. The number of ether oxygens (including phenoxy) is 2. The fourth-order valence-corrected chi connectivity index (χ4v) is 6.33. The third kappa shape index (κ3) is 7.25. The van der Waals surface area contributed by atoms with Gasteiger partial charge in [-0.15, -0.1) is 0 Å². The normalized spacial score (nSPS) is 13.7. The highest BCUT2D eigenvalue weighted by Crippen LogP contribution is 2.30. The SMILES string of the molecule is COc1c(C)cnc(Cn2cc(C#Cc3ccc(CNC(C(=O)OC4CCCC4)c4ccccc4)cc3)c3c(Cl)nc(N)nc32)c1C. The van der Waals surface area contributed by atoms with E-state index in [4.69, 9.17) is 26.8 Å². The molecule has 0 amide bonds. The fourth-order valence-electron chi connectivity index (χ4n) is 6.05. The minimum absolute atomic E-state index is 0.00750. The molecule has 1 unspecified atom stereocenters. The number of fused-ring (bicyclic) bond motifs is 1. The summed E-state index contributed by atoms with van der Waals surface area (Å²) in [6.07, 6.45) is 7.78. The molecule has 47 heavy (non-hydrogen) atoms. The number of carbonyl (C=O) groups excluding carboxylic acids is 1. The van der Waals surface area contributed by atoms with Crippen molar-refractivity contribution < 1.29 is 14.3 Å². The van der Waals surface area contributed by atoms with Crippen LogP contribution in [-0.2, 0) is 22.6 Å². The van der Waals surface area contributed by atoms with Crippen molar-refractivity contribution in [2.75, 3.05) is 12.8 Å². The molecule has 240 valence electrons. The maximum atomic E-state index is 13.2. The molecule has 3 N–H and O–H groups in total. The number of methoxy groups -OCH3 is 1. The minimum atomic E-state index is -0.547. The van der Waals surface area contributed by atoms with Gasteiger partial charge in [-0.25, -0.2) is 9.78 Å². The van der Waals surface area contributed by atoms with Crippen LogP contribution in [0.25, 0.3) is 11.0 Å². The van der Waals surface area contributed by atoms with Crippen LogP contribution in [0.2, 0.25) is 5.15 Å². The third-order valence-electron chi connectivity index (χ3n) is 8.52. The lowest BCUT2D eigenvalue weighted by Gasteiger charge is -2.21. The van der Waals surface area contributed by atoms with Crippen LogP contribution >= 0.6 is 11.6 Å². The maximum absolute atomic E-state index is 13.2. The van der Waals surface area contributed by atoms with E-state index in [1.54, 1.807) is 13.3 Å². The molecule has 0 saturated heterocycles. The third-order valence-corrected chi connectivity index (χ3v) is 8.79. The van der Waals surface area contributed by atoms with Crippen molar-refractivity contribution in [2.24, 2.45) is 0 Å². The smallest absolute Gasteiger partial charge is 0.328 e. The van der Waals surface area contributed by atoms with Crippen LogP contribution in [0, 0.1) is 25.7 Å². The number of aromatic nitrogens is 4. The van der Waals surface area contributed by atoms with Gasteiger partial charge in [0.05, 0.1) is 30.3 Å². The number of carbonyl (C=O) groups is 1. The summed E-state index contributed by atoms with van der Waals surface area (Å²) >= 11 is 6.57. The van der Waals surface area contributed by atoms with Crippen LogP contribution in [0.3, 0.4) is 0 Å². The summed E-state index contributed by atoms with van der Waals surface area (Å²) in [5.74, 6) is 7.16. The van der Waals surface area contributed by atoms with Crippen LogP contribution in [-0.4, -0.2) is 38.7 Å². The molecule has 1 saturated carbocycles. The first-order valence-electron chi connectivity index (χ1n) is 15.7. The number of nitrogens with one attached hydrogen (secondary N) is 1. The quantitative estimate of drug-likeness (QED) is 0.106. The molecule has 1 atom stereocenters. The summed E-state index contributed by atoms with van der Waals surface area (Å²) in [5.41, 5.74) is 12.7. The molecule has 0 aliphatic heterocycles. The Kier molecular flexibility index (Phi) is 9.71. The summed E-state index contributed by atoms with van der Waals surface area (Å²) in [7, 11) is 1.66. The number of rotatable bonds is 9. The van der Waals surface area contributed by atoms with E-state index in [1.165, 1.54) is 0 Å². The van der Waals surface area contributed by atoms with E-state index in [0.717, 1.165) is 64.9 Å². The van der Waals surface area contributed by atoms with Crippen LogP contribution in [0.1, 0.15) is 70.8 Å². The van der Waals surface area contributed by atoms with E-state index in [0.29, 0.717) is 29.7 Å². The van der Waals surface area contributed by atoms with Gasteiger partial charge in [0, 0.05) is 35.6 Å². The van der Waals surface area contributed by atoms with Crippen molar-refractivity contribution in [3.05, 3.63) is 111 Å². The van der Waals surface area contributed by atoms with Gasteiger partial charge in [0.1, 0.15) is 28.7 Å². The topological polar surface area (TPSA) is 117 Å². The van der Waals surface area contributed by atoms with Crippen molar-refractivity contribution >= 4 is 34.6 Å². The highest BCUT2D eigenvalue weighted by Gasteiger charge is 2.26. The number of pyridine rings is 1. The zero-order chi connectivity index (χ0) is 32.9. The van der Waals surface area contributed by atoms with Gasteiger partial charge in [-0.3, -0.25) is 10.3 Å². The number of esters is 1. The molecule has 3 heterocycles. The number of nitrogen functional groups attached to an aromatic ring is 1. The molecule has 9 nitrogen and oxygen atoms in total. The zero-order valence-electron chi connectivity index (χ0n) is 26.7. The minimum Gasteiger partial charge on any atom is -0.496 e. The first-order chi connectivity index (χ1) is 22.8. The molecule has 0 bridgehead atoms. The van der Waals surface area contributed by atoms with E-state index < -0.39 is 6.04 Å². The lowest BCUT2D eigenvalue weighted by Crippen LogP contribution is -2.32. The van der Waals surface area contributed by atoms with Gasteiger partial charge in [-0.1, -0.05) is 65.9 Å². The molecule has 2 aromatic carbocycles. The first-order valence-corrected chi connectivity index (χ1v) is 16.1. The molecular weight excluding hydrogens is 612 g/mol. The molecule has 0 spiro atoms. The number of hydrogen-bond acceptors (Lipinski definition) is 8. The summed E-state index contributed by atoms with van der Waals surface area (Å²) in [5, 5.41) is 4.27. The van der Waals surface area contributed by atoms with Crippen molar-refractivity contribution in [1.82, 2.24) is 24.8 Å². The number of aryl methyl sites for hydroxylation is 1. The van der Waals surface area contributed by atoms with E-state index in [2.05, 4.69) is 32.1 Å². The molecule has 5 aromatic rings. The summed E-state index contributed by atoms with van der Waals surface area (Å²) in [6, 6.07) is 17.1. The van der Waals surface area contributed by atoms with Gasteiger partial charge in [0.15, 0.2) is 0 Å². The molecule has 6 rings (SSSR count). The highest BCUT2D eigenvalue weighted by atomic mass is 35.5. The van der Waals surface area contributed by atoms with E-state index in [-0.39, 0.29) is 23.2 Å². The van der Waals surface area contributed by atoms with Gasteiger partial charge in [0.2, 0.25) is 5.95 Å². The number of halogens is 1. The Balaban J connectivity index is 1.21. The predicted molar refractivity (Wildman–Crippen MR) is 183 cm³/mol. The Hall–Kier alpha value is -4.91. The Labute approximate surface area is 279 Å². The van der Waals surface area contributed by atoms with Gasteiger partial charge in [-0.05, 0) is 62.8 Å². The first kappa shape index (κ1) is 32.0. The van der Waals surface area contributed by atoms with Crippen molar-refractivity contribution in [3.8, 4) is 17.6 Å². The largest absolute Gasteiger partial charge is 0.496 e. The average Bonchev–Trinajstić information content (AvgIpc) is 3.70. The summed E-state index contributed by atoms with van der Waals surface area (Å²) in [6.45, 7) is 4.87. The molecule has 1 fully saturated rings. The van der Waals surface area contributed by atoms with Gasteiger partial charge < -0.3 is 19.8 Å². The molecule has 3 aromatic heterocycles. The number of anilines is 1. The van der Waals surface area contributed by atoms with E-state index in [9.17, 15) is 4.79 Å². The Morgan fingerprint density at radius 2 is 1.83 bits per heavy atom. The van der Waals surface area contributed by atoms with Crippen LogP contribution in [0.4, 0.5) is 5.95 Å². The predicted octanol–water partition coefficient (Wildman–Crippen LogP) is 6.45. The summed E-state index contributed by atoms with van der Waals surface area (Å²) < 4.78 is 13.4. The van der Waals surface area contributed by atoms with Crippen molar-refractivity contribution in [1.29, 1.82) is 0 Å². The van der Waals surface area contributed by atoms with Crippen LogP contribution in [0.5, 0.6) is 5.75 Å². The molecule has 0 radical (unpaired) electrons. The molecular formula is C37H37ClN6O3. The maximum Gasteiger partial charge on any atom is 0.328 e. The number of hydrogen-bond donors (Lipinski definition) is 2. The number of nitrogens with two attached hydrogens (primary N) is 1. The number of nitrogens with zero attached hydrogens (tertiary/aromatic N) is 4. The van der Waals surface area contributed by atoms with Gasteiger partial charge in [0.25, 0.3) is 0 Å². The highest BCUT2D eigenvalue weighted by molar-refractivity contribution is 6.34. The van der Waals surface area contributed by atoms with Gasteiger partial charge in [-0.2, -0.15) is 4.98 Å². The van der Waals surface area contributed by atoms with Crippen LogP contribution in [0.15, 0.2) is 67.0 Å². The fraction of sp³-hybridized carbons (Fsp3) is 0.297. The Morgan fingerprint density at radius 3 is 2.55 bits per heavy atom. The molecule has 10 heteroatoms. The van der Waals surface area contributed by atoms with E-state index >= 15 is 0 Å². The van der Waals surface area contributed by atoms with E-state index in [1.807, 2.05) is 79.2 Å². The molecule has 1 aliphatic rings. The second-order valence-corrected chi connectivity index (χ2v) is 12.2. The van der Waals surface area contributed by atoms with Crippen LogP contribution < -0.4 is 15.8 Å². The Bertz CT molecular complexity index is 1960. The van der Waals surface area contributed by atoms with Gasteiger partial charge >= 0.3 is 5.97 Å². The second kappa shape index (κ2) is 14.2.